The normalized spacial score (nSPS) is 21.1. The van der Waals surface area contributed by atoms with Crippen molar-refractivity contribution in [1.82, 2.24) is 15.1 Å². The van der Waals surface area contributed by atoms with Gasteiger partial charge in [-0.3, -0.25) is 14.6 Å². The maximum atomic E-state index is 12.1. The first kappa shape index (κ1) is 20.9. The van der Waals surface area contributed by atoms with Gasteiger partial charge in [0.1, 0.15) is 17.6 Å². The molecule has 1 amide bonds. The van der Waals surface area contributed by atoms with Gasteiger partial charge in [-0.15, -0.1) is 0 Å². The molecule has 1 aromatic carbocycles. The highest BCUT2D eigenvalue weighted by atomic mass is 16.5. The lowest BCUT2D eigenvalue weighted by Crippen LogP contribution is -2.49. The molecule has 0 spiro atoms. The zero-order valence-electron chi connectivity index (χ0n) is 17.8. The van der Waals surface area contributed by atoms with Crippen molar-refractivity contribution in [3.8, 4) is 11.5 Å². The topological polar surface area (TPSA) is 54.0 Å². The Morgan fingerprint density at radius 2 is 1.96 bits per heavy atom. The molecule has 156 valence electrons. The summed E-state index contributed by atoms with van der Waals surface area (Å²) in [5, 5.41) is 3.05. The van der Waals surface area contributed by atoms with Crippen molar-refractivity contribution in [2.24, 2.45) is 0 Å². The lowest BCUT2D eigenvalue weighted by atomic mass is 10.1. The van der Waals surface area contributed by atoms with Gasteiger partial charge < -0.3 is 14.8 Å². The molecule has 0 aromatic heterocycles. The summed E-state index contributed by atoms with van der Waals surface area (Å²) in [5.41, 5.74) is 2.44. The molecule has 2 aliphatic rings. The van der Waals surface area contributed by atoms with E-state index in [0.717, 1.165) is 57.1 Å². The van der Waals surface area contributed by atoms with Crippen LogP contribution in [0.5, 0.6) is 11.5 Å². The summed E-state index contributed by atoms with van der Waals surface area (Å²) in [4.78, 5) is 16.8. The van der Waals surface area contributed by atoms with Gasteiger partial charge in [-0.2, -0.15) is 0 Å². The van der Waals surface area contributed by atoms with Gasteiger partial charge in [-0.05, 0) is 39.3 Å². The van der Waals surface area contributed by atoms with Crippen molar-refractivity contribution in [2.45, 2.75) is 59.2 Å². The summed E-state index contributed by atoms with van der Waals surface area (Å²) in [6.07, 6.45) is 2.16. The number of carbonyl (C=O) groups excluding carboxylic acids is 1. The van der Waals surface area contributed by atoms with Gasteiger partial charge in [0, 0.05) is 56.3 Å². The van der Waals surface area contributed by atoms with E-state index >= 15 is 0 Å². The van der Waals surface area contributed by atoms with Crippen LogP contribution in [0.1, 0.15) is 45.2 Å². The minimum atomic E-state index is 0.131. The quantitative estimate of drug-likeness (QED) is 0.740. The number of hydrogen-bond donors (Lipinski definition) is 1. The van der Waals surface area contributed by atoms with Crippen molar-refractivity contribution in [3.63, 3.8) is 0 Å². The molecule has 1 fully saturated rings. The molecule has 2 heterocycles. The van der Waals surface area contributed by atoms with Crippen LogP contribution in [0.2, 0.25) is 0 Å². The summed E-state index contributed by atoms with van der Waals surface area (Å²) in [5.74, 6) is 2.12. The number of piperazine rings is 1. The van der Waals surface area contributed by atoms with Gasteiger partial charge in [0.05, 0.1) is 13.2 Å². The number of nitrogens with one attached hydrogen (secondary N) is 1. The number of amides is 1. The second-order valence-electron chi connectivity index (χ2n) is 8.06. The van der Waals surface area contributed by atoms with Crippen molar-refractivity contribution < 1.29 is 14.3 Å². The number of nitrogens with zero attached hydrogens (tertiary/aromatic N) is 2. The van der Waals surface area contributed by atoms with Crippen molar-refractivity contribution >= 4 is 5.91 Å². The molecular weight excluding hydrogens is 354 g/mol. The van der Waals surface area contributed by atoms with Gasteiger partial charge >= 0.3 is 0 Å². The van der Waals surface area contributed by atoms with Crippen molar-refractivity contribution in [1.29, 1.82) is 0 Å². The zero-order chi connectivity index (χ0) is 20.1. The van der Waals surface area contributed by atoms with E-state index < -0.39 is 0 Å². The Labute approximate surface area is 169 Å². The van der Waals surface area contributed by atoms with E-state index in [1.807, 2.05) is 13.8 Å². The van der Waals surface area contributed by atoms with E-state index in [-0.39, 0.29) is 18.1 Å². The van der Waals surface area contributed by atoms with Crippen LogP contribution in [0.4, 0.5) is 0 Å². The molecule has 2 unspecified atom stereocenters. The zero-order valence-corrected chi connectivity index (χ0v) is 17.8. The molecule has 3 rings (SSSR count). The first-order chi connectivity index (χ1) is 13.5. The molecule has 1 saturated heterocycles. The third-order valence-corrected chi connectivity index (χ3v) is 5.62. The lowest BCUT2D eigenvalue weighted by molar-refractivity contribution is -0.123. The van der Waals surface area contributed by atoms with Crippen LogP contribution < -0.4 is 14.8 Å². The molecule has 6 nitrogen and oxygen atoms in total. The largest absolute Gasteiger partial charge is 0.494 e. The minimum absolute atomic E-state index is 0.131. The predicted molar refractivity (Wildman–Crippen MR) is 111 cm³/mol. The van der Waals surface area contributed by atoms with Gasteiger partial charge in [-0.25, -0.2) is 0 Å². The van der Waals surface area contributed by atoms with Crippen molar-refractivity contribution in [3.05, 3.63) is 23.3 Å². The highest BCUT2D eigenvalue weighted by Crippen LogP contribution is 2.35. The van der Waals surface area contributed by atoms with Crippen LogP contribution in [0.25, 0.3) is 0 Å². The number of carbonyl (C=O) groups is 1. The van der Waals surface area contributed by atoms with Crippen molar-refractivity contribution in [2.75, 3.05) is 39.3 Å². The number of hydrogen-bond acceptors (Lipinski definition) is 5. The fraction of sp³-hybridized carbons (Fsp3) is 0.682. The molecule has 0 bridgehead atoms. The van der Waals surface area contributed by atoms with Crippen LogP contribution in [0, 0.1) is 0 Å². The number of benzene rings is 1. The Morgan fingerprint density at radius 3 is 2.64 bits per heavy atom. The second kappa shape index (κ2) is 9.61. The minimum Gasteiger partial charge on any atom is -0.494 e. The van der Waals surface area contributed by atoms with E-state index in [2.05, 4.69) is 41.1 Å². The summed E-state index contributed by atoms with van der Waals surface area (Å²) in [6, 6.07) is 4.57. The Hall–Kier alpha value is -1.79. The highest BCUT2D eigenvalue weighted by Gasteiger charge is 2.24. The summed E-state index contributed by atoms with van der Waals surface area (Å²) in [7, 11) is 0. The Balaban J connectivity index is 1.54. The summed E-state index contributed by atoms with van der Waals surface area (Å²) >= 11 is 0. The molecule has 1 aromatic rings. The van der Waals surface area contributed by atoms with Crippen LogP contribution in [0.15, 0.2) is 12.1 Å². The second-order valence-corrected chi connectivity index (χ2v) is 8.06. The third kappa shape index (κ3) is 5.39. The molecule has 0 aliphatic carbocycles. The lowest BCUT2D eigenvalue weighted by Gasteiger charge is -2.34. The number of rotatable bonds is 8. The fourth-order valence-corrected chi connectivity index (χ4v) is 3.87. The smallest absolute Gasteiger partial charge is 0.234 e. The van der Waals surface area contributed by atoms with Gasteiger partial charge in [0.25, 0.3) is 0 Å². The SMILES string of the molecule is CCOc1cc2c(cc1CN1CCN(CC(=O)NC(C)CC)CC1)OC(C)C2. The molecule has 1 N–H and O–H groups in total. The molecule has 0 saturated carbocycles. The van der Waals surface area contributed by atoms with E-state index in [1.165, 1.54) is 11.1 Å². The average Bonchev–Trinajstić information content (AvgIpc) is 3.02. The van der Waals surface area contributed by atoms with Crippen LogP contribution in [0.3, 0.4) is 0 Å². The van der Waals surface area contributed by atoms with Crippen LogP contribution >= 0.6 is 0 Å². The molecule has 0 radical (unpaired) electrons. The van der Waals surface area contributed by atoms with E-state index in [0.29, 0.717) is 13.2 Å². The average molecular weight is 390 g/mol. The molecule has 2 atom stereocenters. The molecule has 28 heavy (non-hydrogen) atoms. The predicted octanol–water partition coefficient (Wildman–Crippen LogP) is 2.44. The third-order valence-electron chi connectivity index (χ3n) is 5.62. The van der Waals surface area contributed by atoms with Crippen LogP contribution in [-0.4, -0.2) is 67.2 Å². The molecule has 6 heteroatoms. The Bertz CT molecular complexity index is 671. The van der Waals surface area contributed by atoms with Gasteiger partial charge in [0.15, 0.2) is 0 Å². The van der Waals surface area contributed by atoms with E-state index in [9.17, 15) is 4.79 Å². The summed E-state index contributed by atoms with van der Waals surface area (Å²) in [6.45, 7) is 14.0. The monoisotopic (exact) mass is 389 g/mol. The maximum Gasteiger partial charge on any atom is 0.234 e. The Morgan fingerprint density at radius 1 is 1.25 bits per heavy atom. The maximum absolute atomic E-state index is 12.1. The van der Waals surface area contributed by atoms with Gasteiger partial charge in [0.2, 0.25) is 5.91 Å². The first-order valence-electron chi connectivity index (χ1n) is 10.7. The molecular formula is C22H35N3O3. The van der Waals surface area contributed by atoms with Gasteiger partial charge in [-0.1, -0.05) is 6.92 Å². The summed E-state index contributed by atoms with van der Waals surface area (Å²) < 4.78 is 11.9. The fourth-order valence-electron chi connectivity index (χ4n) is 3.87. The van der Waals surface area contributed by atoms with E-state index in [1.54, 1.807) is 0 Å². The standard InChI is InChI=1S/C22H35N3O3/c1-5-16(3)23-22(26)15-25-9-7-24(8-10-25)14-19-13-21-18(11-17(4)28-21)12-20(19)27-6-2/h12-13,16-17H,5-11,14-15H2,1-4H3,(H,23,26). The molecule has 2 aliphatic heterocycles. The highest BCUT2D eigenvalue weighted by molar-refractivity contribution is 5.78. The van der Waals surface area contributed by atoms with E-state index in [4.69, 9.17) is 9.47 Å². The van der Waals surface area contributed by atoms with Crippen LogP contribution in [-0.2, 0) is 17.8 Å². The number of ether oxygens (including phenoxy) is 2. The first-order valence-corrected chi connectivity index (χ1v) is 10.7. The number of fused-ring (bicyclic) bond motifs is 1. The Kier molecular flexibility index (Phi) is 7.18.